The zero-order valence-corrected chi connectivity index (χ0v) is 12.7. The summed E-state index contributed by atoms with van der Waals surface area (Å²) in [6.07, 6.45) is 0.132. The van der Waals surface area contributed by atoms with Gasteiger partial charge < -0.3 is 10.4 Å². The molecule has 116 valence electrons. The zero-order valence-electron chi connectivity index (χ0n) is 12.7. The van der Waals surface area contributed by atoms with Crippen LogP contribution in [0.3, 0.4) is 0 Å². The Morgan fingerprint density at radius 2 is 1.95 bits per heavy atom. The number of nitrogens with one attached hydrogen (secondary N) is 1. The first-order chi connectivity index (χ1) is 10.2. The fourth-order valence-corrected chi connectivity index (χ4v) is 1.95. The summed E-state index contributed by atoms with van der Waals surface area (Å²) in [6.45, 7) is 5.81. The summed E-state index contributed by atoms with van der Waals surface area (Å²) in [5.41, 5.74) is 0.0270. The van der Waals surface area contributed by atoms with Crippen LogP contribution in [0.5, 0.6) is 0 Å². The second kappa shape index (κ2) is 6.09. The Hall–Kier alpha value is -2.50. The SMILES string of the molecule is CC(C)(C)Nc1cc(C(=O)O)nc(Cc2ccccc2F)n1. The molecule has 1 aromatic heterocycles. The minimum Gasteiger partial charge on any atom is -0.477 e. The summed E-state index contributed by atoms with van der Waals surface area (Å²) in [5.74, 6) is -0.839. The van der Waals surface area contributed by atoms with Gasteiger partial charge in [0, 0.05) is 18.0 Å². The summed E-state index contributed by atoms with van der Waals surface area (Å²) in [6, 6.07) is 7.67. The van der Waals surface area contributed by atoms with Crippen LogP contribution < -0.4 is 5.32 Å². The van der Waals surface area contributed by atoms with Crippen molar-refractivity contribution in [3.8, 4) is 0 Å². The average molecular weight is 303 g/mol. The molecule has 1 aromatic carbocycles. The van der Waals surface area contributed by atoms with E-state index < -0.39 is 5.97 Å². The van der Waals surface area contributed by atoms with Crippen molar-refractivity contribution in [2.75, 3.05) is 5.32 Å². The Morgan fingerprint density at radius 1 is 1.27 bits per heavy atom. The molecule has 1 heterocycles. The monoisotopic (exact) mass is 303 g/mol. The molecule has 0 amide bonds. The molecule has 0 aliphatic heterocycles. The first-order valence-corrected chi connectivity index (χ1v) is 6.87. The number of benzene rings is 1. The molecular weight excluding hydrogens is 285 g/mol. The first-order valence-electron chi connectivity index (χ1n) is 6.87. The summed E-state index contributed by atoms with van der Waals surface area (Å²) < 4.78 is 13.7. The van der Waals surface area contributed by atoms with E-state index in [9.17, 15) is 9.18 Å². The van der Waals surface area contributed by atoms with Crippen LogP contribution in [0.15, 0.2) is 30.3 Å². The summed E-state index contributed by atoms with van der Waals surface area (Å²) in [5, 5.41) is 12.3. The number of carboxylic acid groups (broad SMARTS) is 1. The molecule has 0 spiro atoms. The molecule has 0 atom stereocenters. The van der Waals surface area contributed by atoms with Gasteiger partial charge in [0.05, 0.1) is 0 Å². The number of hydrogen-bond donors (Lipinski definition) is 2. The van der Waals surface area contributed by atoms with E-state index in [4.69, 9.17) is 5.11 Å². The lowest BCUT2D eigenvalue weighted by atomic mass is 10.1. The van der Waals surface area contributed by atoms with Gasteiger partial charge in [-0.15, -0.1) is 0 Å². The van der Waals surface area contributed by atoms with Gasteiger partial charge in [0.25, 0.3) is 0 Å². The maximum absolute atomic E-state index is 13.7. The molecule has 0 saturated heterocycles. The lowest BCUT2D eigenvalue weighted by Gasteiger charge is -2.21. The number of anilines is 1. The van der Waals surface area contributed by atoms with Crippen LogP contribution in [0, 0.1) is 5.82 Å². The van der Waals surface area contributed by atoms with Crippen molar-refractivity contribution in [3.63, 3.8) is 0 Å². The summed E-state index contributed by atoms with van der Waals surface area (Å²) in [4.78, 5) is 19.5. The van der Waals surface area contributed by atoms with Crippen molar-refractivity contribution in [2.45, 2.75) is 32.7 Å². The molecule has 0 saturated carbocycles. The maximum Gasteiger partial charge on any atom is 0.354 e. The molecule has 0 aliphatic rings. The lowest BCUT2D eigenvalue weighted by Crippen LogP contribution is -2.27. The minimum absolute atomic E-state index is 0.118. The van der Waals surface area contributed by atoms with Crippen molar-refractivity contribution in [1.82, 2.24) is 9.97 Å². The molecular formula is C16H18FN3O2. The van der Waals surface area contributed by atoms with Gasteiger partial charge in [-0.1, -0.05) is 18.2 Å². The minimum atomic E-state index is -1.14. The molecule has 2 N–H and O–H groups in total. The van der Waals surface area contributed by atoms with Gasteiger partial charge in [-0.3, -0.25) is 0 Å². The highest BCUT2D eigenvalue weighted by Crippen LogP contribution is 2.16. The van der Waals surface area contributed by atoms with Gasteiger partial charge in [-0.05, 0) is 32.4 Å². The maximum atomic E-state index is 13.7. The summed E-state index contributed by atoms with van der Waals surface area (Å²) in [7, 11) is 0. The Kier molecular flexibility index (Phi) is 4.40. The highest BCUT2D eigenvalue weighted by Gasteiger charge is 2.16. The van der Waals surface area contributed by atoms with Gasteiger partial charge in [0.2, 0.25) is 0 Å². The van der Waals surface area contributed by atoms with Crippen molar-refractivity contribution >= 4 is 11.8 Å². The van der Waals surface area contributed by atoms with E-state index in [-0.39, 0.29) is 29.3 Å². The molecule has 2 rings (SSSR count). The topological polar surface area (TPSA) is 75.1 Å². The van der Waals surface area contributed by atoms with Gasteiger partial charge >= 0.3 is 5.97 Å². The molecule has 0 unspecified atom stereocenters. The standard InChI is InChI=1S/C16H18FN3O2/c1-16(2,3)20-14-9-12(15(21)22)18-13(19-14)8-10-6-4-5-7-11(10)17/h4-7,9H,8H2,1-3H3,(H,21,22)(H,18,19,20). The number of halogens is 1. The van der Waals surface area contributed by atoms with Gasteiger partial charge in [0.1, 0.15) is 17.5 Å². The number of rotatable bonds is 4. The van der Waals surface area contributed by atoms with E-state index in [1.807, 2.05) is 20.8 Å². The Bertz CT molecular complexity index is 696. The predicted octanol–water partition coefficient (Wildman–Crippen LogP) is 3.12. The van der Waals surface area contributed by atoms with Crippen LogP contribution >= 0.6 is 0 Å². The molecule has 22 heavy (non-hydrogen) atoms. The van der Waals surface area contributed by atoms with E-state index in [1.165, 1.54) is 12.1 Å². The van der Waals surface area contributed by atoms with Crippen LogP contribution in [-0.2, 0) is 6.42 Å². The van der Waals surface area contributed by atoms with Crippen molar-refractivity contribution < 1.29 is 14.3 Å². The van der Waals surface area contributed by atoms with E-state index in [0.29, 0.717) is 11.4 Å². The Labute approximate surface area is 128 Å². The molecule has 2 aromatic rings. The molecule has 0 radical (unpaired) electrons. The second-order valence-electron chi connectivity index (χ2n) is 6.00. The van der Waals surface area contributed by atoms with E-state index in [1.54, 1.807) is 18.2 Å². The number of carboxylic acids is 1. The smallest absolute Gasteiger partial charge is 0.354 e. The third-order valence-corrected chi connectivity index (χ3v) is 2.80. The largest absolute Gasteiger partial charge is 0.477 e. The molecule has 0 fully saturated rings. The summed E-state index contributed by atoms with van der Waals surface area (Å²) >= 11 is 0. The average Bonchev–Trinajstić information content (AvgIpc) is 2.39. The Morgan fingerprint density at radius 3 is 2.55 bits per heavy atom. The first kappa shape index (κ1) is 15.9. The normalized spacial score (nSPS) is 11.3. The third kappa shape index (κ3) is 4.25. The Balaban J connectivity index is 2.38. The van der Waals surface area contributed by atoms with Gasteiger partial charge in [0.15, 0.2) is 5.69 Å². The van der Waals surface area contributed by atoms with Crippen molar-refractivity contribution in [3.05, 3.63) is 53.2 Å². The number of hydrogen-bond acceptors (Lipinski definition) is 4. The van der Waals surface area contributed by atoms with Gasteiger partial charge in [-0.25, -0.2) is 19.2 Å². The van der Waals surface area contributed by atoms with E-state index in [0.717, 1.165) is 0 Å². The van der Waals surface area contributed by atoms with E-state index in [2.05, 4.69) is 15.3 Å². The molecule has 5 nitrogen and oxygen atoms in total. The van der Waals surface area contributed by atoms with Crippen LogP contribution in [0.4, 0.5) is 10.2 Å². The van der Waals surface area contributed by atoms with Gasteiger partial charge in [-0.2, -0.15) is 0 Å². The van der Waals surface area contributed by atoms with Crippen LogP contribution in [0.2, 0.25) is 0 Å². The number of aromatic carboxylic acids is 1. The van der Waals surface area contributed by atoms with Crippen LogP contribution in [0.25, 0.3) is 0 Å². The highest BCUT2D eigenvalue weighted by atomic mass is 19.1. The molecule has 6 heteroatoms. The zero-order chi connectivity index (χ0) is 16.3. The fourth-order valence-electron chi connectivity index (χ4n) is 1.95. The molecule has 0 bridgehead atoms. The predicted molar refractivity (Wildman–Crippen MR) is 81.6 cm³/mol. The number of aromatic nitrogens is 2. The highest BCUT2D eigenvalue weighted by molar-refractivity contribution is 5.86. The quantitative estimate of drug-likeness (QED) is 0.907. The number of carbonyl (C=O) groups is 1. The van der Waals surface area contributed by atoms with Crippen LogP contribution in [-0.4, -0.2) is 26.6 Å². The molecule has 0 aliphatic carbocycles. The third-order valence-electron chi connectivity index (χ3n) is 2.80. The van der Waals surface area contributed by atoms with E-state index >= 15 is 0 Å². The fraction of sp³-hybridized carbons (Fsp3) is 0.312. The lowest BCUT2D eigenvalue weighted by molar-refractivity contribution is 0.0690. The van der Waals surface area contributed by atoms with Crippen LogP contribution in [0.1, 0.15) is 42.6 Å². The second-order valence-corrected chi connectivity index (χ2v) is 6.00. The van der Waals surface area contributed by atoms with Crippen molar-refractivity contribution in [1.29, 1.82) is 0 Å². The number of nitrogens with zero attached hydrogens (tertiary/aromatic N) is 2. The van der Waals surface area contributed by atoms with Crippen molar-refractivity contribution in [2.24, 2.45) is 0 Å².